The molecule has 2 aromatic heterocycles. The Morgan fingerprint density at radius 3 is 2.85 bits per heavy atom. The van der Waals surface area contributed by atoms with Crippen LogP contribution in [0.2, 0.25) is 0 Å². The van der Waals surface area contributed by atoms with Crippen LogP contribution in [0, 0.1) is 6.92 Å². The predicted octanol–water partition coefficient (Wildman–Crippen LogP) is 0.0786. The topological polar surface area (TPSA) is 82.2 Å². The highest BCUT2D eigenvalue weighted by molar-refractivity contribution is 5.50. The van der Waals surface area contributed by atoms with E-state index in [-0.39, 0.29) is 0 Å². The van der Waals surface area contributed by atoms with Crippen LogP contribution >= 0.6 is 0 Å². The lowest BCUT2D eigenvalue weighted by molar-refractivity contribution is 0.975. The van der Waals surface area contributed by atoms with Crippen LogP contribution in [-0.2, 0) is 6.54 Å². The van der Waals surface area contributed by atoms with Gasteiger partial charge in [0.2, 0.25) is 0 Å². The van der Waals surface area contributed by atoms with Crippen LogP contribution in [0.4, 0.5) is 5.82 Å². The van der Waals surface area contributed by atoms with Gasteiger partial charge < -0.3 is 11.5 Å². The number of nitrogens with zero attached hydrogens (tertiary/aromatic N) is 3. The van der Waals surface area contributed by atoms with Gasteiger partial charge in [-0.05, 0) is 6.92 Å². The summed E-state index contributed by atoms with van der Waals surface area (Å²) >= 11 is 0. The third-order valence-electron chi connectivity index (χ3n) is 2.06. The average molecular weight is 177 g/mol. The van der Waals surface area contributed by atoms with Gasteiger partial charge in [0.25, 0.3) is 0 Å². The van der Waals surface area contributed by atoms with Gasteiger partial charge in [-0.15, -0.1) is 0 Å². The quantitative estimate of drug-likeness (QED) is 0.646. The van der Waals surface area contributed by atoms with Gasteiger partial charge in [-0.3, -0.25) is 4.40 Å². The smallest absolute Gasteiger partial charge is 0.158 e. The molecule has 0 atom stereocenters. The number of aromatic nitrogens is 3. The van der Waals surface area contributed by atoms with Crippen molar-refractivity contribution in [2.75, 3.05) is 5.73 Å². The van der Waals surface area contributed by atoms with Crippen LogP contribution in [0.15, 0.2) is 12.4 Å². The predicted molar refractivity (Wildman–Crippen MR) is 50.0 cm³/mol. The molecule has 0 unspecified atom stereocenters. The Hall–Kier alpha value is -1.62. The van der Waals surface area contributed by atoms with E-state index >= 15 is 0 Å². The standard InChI is InChI=1S/C8H11N5/c1-5-11-4-7-12-3-6(2-9)8(10)13(5)7/h3-4H,2,9-10H2,1H3. The van der Waals surface area contributed by atoms with Gasteiger partial charge in [0.05, 0.1) is 6.20 Å². The first kappa shape index (κ1) is 8.00. The normalized spacial score (nSPS) is 10.9. The number of imidazole rings is 1. The number of aryl methyl sites for hydroxylation is 1. The number of hydrogen-bond donors (Lipinski definition) is 2. The fourth-order valence-corrected chi connectivity index (χ4v) is 1.33. The molecule has 0 aliphatic rings. The van der Waals surface area contributed by atoms with Crippen molar-refractivity contribution in [3.8, 4) is 0 Å². The molecule has 0 bridgehead atoms. The molecule has 0 aliphatic carbocycles. The van der Waals surface area contributed by atoms with Gasteiger partial charge in [0.15, 0.2) is 5.65 Å². The number of anilines is 1. The van der Waals surface area contributed by atoms with E-state index in [1.165, 1.54) is 0 Å². The minimum Gasteiger partial charge on any atom is -0.384 e. The summed E-state index contributed by atoms with van der Waals surface area (Å²) in [6.07, 6.45) is 3.37. The van der Waals surface area contributed by atoms with Crippen LogP contribution in [0.3, 0.4) is 0 Å². The molecular formula is C8H11N5. The summed E-state index contributed by atoms with van der Waals surface area (Å²) in [5, 5.41) is 0. The number of nitrogen functional groups attached to an aromatic ring is 1. The highest BCUT2D eigenvalue weighted by Gasteiger charge is 2.06. The zero-order valence-corrected chi connectivity index (χ0v) is 7.36. The second-order valence-corrected chi connectivity index (χ2v) is 2.87. The molecular weight excluding hydrogens is 166 g/mol. The van der Waals surface area contributed by atoms with Gasteiger partial charge in [-0.2, -0.15) is 0 Å². The van der Waals surface area contributed by atoms with E-state index in [0.29, 0.717) is 12.4 Å². The van der Waals surface area contributed by atoms with Crippen molar-refractivity contribution in [3.63, 3.8) is 0 Å². The summed E-state index contributed by atoms with van der Waals surface area (Å²) in [6.45, 7) is 2.28. The Morgan fingerprint density at radius 1 is 1.38 bits per heavy atom. The zero-order valence-electron chi connectivity index (χ0n) is 7.36. The molecule has 5 nitrogen and oxygen atoms in total. The van der Waals surface area contributed by atoms with Crippen LogP contribution < -0.4 is 11.5 Å². The molecule has 0 fully saturated rings. The molecule has 0 saturated heterocycles. The van der Waals surface area contributed by atoms with Crippen molar-refractivity contribution in [2.24, 2.45) is 5.73 Å². The fraction of sp³-hybridized carbons (Fsp3) is 0.250. The first-order chi connectivity index (χ1) is 6.24. The molecule has 2 heterocycles. The number of fused-ring (bicyclic) bond motifs is 1. The Balaban J connectivity index is 2.83. The van der Waals surface area contributed by atoms with Gasteiger partial charge in [0.1, 0.15) is 11.6 Å². The monoisotopic (exact) mass is 177 g/mol. The van der Waals surface area contributed by atoms with Crippen molar-refractivity contribution in [3.05, 3.63) is 23.8 Å². The highest BCUT2D eigenvalue weighted by Crippen LogP contribution is 2.14. The minimum atomic E-state index is 0.395. The summed E-state index contributed by atoms with van der Waals surface area (Å²) < 4.78 is 1.79. The molecule has 0 aromatic carbocycles. The summed E-state index contributed by atoms with van der Waals surface area (Å²) in [6, 6.07) is 0. The molecule has 13 heavy (non-hydrogen) atoms. The summed E-state index contributed by atoms with van der Waals surface area (Å²) in [5.41, 5.74) is 13.0. The zero-order chi connectivity index (χ0) is 9.42. The van der Waals surface area contributed by atoms with Crippen LogP contribution in [-0.4, -0.2) is 14.4 Å². The molecule has 0 aliphatic heterocycles. The number of nitrogens with two attached hydrogens (primary N) is 2. The lowest BCUT2D eigenvalue weighted by Crippen LogP contribution is -2.08. The molecule has 0 saturated carbocycles. The Kier molecular flexibility index (Phi) is 1.66. The molecule has 0 amide bonds. The average Bonchev–Trinajstić information content (AvgIpc) is 2.49. The summed E-state index contributed by atoms with van der Waals surface area (Å²) in [7, 11) is 0. The fourth-order valence-electron chi connectivity index (χ4n) is 1.33. The molecule has 0 spiro atoms. The lowest BCUT2D eigenvalue weighted by atomic mass is 10.3. The largest absolute Gasteiger partial charge is 0.384 e. The van der Waals surface area contributed by atoms with Gasteiger partial charge in [0, 0.05) is 18.3 Å². The van der Waals surface area contributed by atoms with Crippen LogP contribution in [0.5, 0.6) is 0 Å². The van der Waals surface area contributed by atoms with E-state index in [4.69, 9.17) is 11.5 Å². The van der Waals surface area contributed by atoms with Crippen LogP contribution in [0.1, 0.15) is 11.4 Å². The van der Waals surface area contributed by atoms with Crippen molar-refractivity contribution in [1.82, 2.24) is 14.4 Å². The Bertz CT molecular complexity index is 445. The van der Waals surface area contributed by atoms with Crippen LogP contribution in [0.25, 0.3) is 5.65 Å². The Morgan fingerprint density at radius 2 is 2.15 bits per heavy atom. The van der Waals surface area contributed by atoms with E-state index in [9.17, 15) is 0 Å². The van der Waals surface area contributed by atoms with Crippen molar-refractivity contribution < 1.29 is 0 Å². The van der Waals surface area contributed by atoms with Gasteiger partial charge in [-0.1, -0.05) is 0 Å². The number of hydrogen-bond acceptors (Lipinski definition) is 4. The third kappa shape index (κ3) is 1.05. The second kappa shape index (κ2) is 2.70. The molecule has 5 heteroatoms. The SMILES string of the molecule is Cc1ncc2ncc(CN)c(N)n12. The van der Waals surface area contributed by atoms with E-state index in [2.05, 4.69) is 9.97 Å². The number of rotatable bonds is 1. The van der Waals surface area contributed by atoms with E-state index in [1.54, 1.807) is 16.8 Å². The second-order valence-electron chi connectivity index (χ2n) is 2.87. The highest BCUT2D eigenvalue weighted by atomic mass is 15.1. The van der Waals surface area contributed by atoms with Crippen molar-refractivity contribution in [1.29, 1.82) is 0 Å². The molecule has 0 radical (unpaired) electrons. The molecule has 2 rings (SSSR count). The minimum absolute atomic E-state index is 0.395. The molecule has 2 aromatic rings. The lowest BCUT2D eigenvalue weighted by Gasteiger charge is -2.05. The first-order valence-corrected chi connectivity index (χ1v) is 4.01. The van der Waals surface area contributed by atoms with Crippen molar-refractivity contribution in [2.45, 2.75) is 13.5 Å². The van der Waals surface area contributed by atoms with Gasteiger partial charge in [-0.25, -0.2) is 9.97 Å². The maximum atomic E-state index is 5.88. The maximum absolute atomic E-state index is 5.88. The summed E-state index contributed by atoms with van der Waals surface area (Å²) in [5.74, 6) is 1.46. The summed E-state index contributed by atoms with van der Waals surface area (Å²) in [4.78, 5) is 8.29. The van der Waals surface area contributed by atoms with E-state index < -0.39 is 0 Å². The molecule has 4 N–H and O–H groups in total. The first-order valence-electron chi connectivity index (χ1n) is 4.01. The van der Waals surface area contributed by atoms with E-state index in [1.807, 2.05) is 6.92 Å². The molecule has 68 valence electrons. The van der Waals surface area contributed by atoms with Gasteiger partial charge >= 0.3 is 0 Å². The van der Waals surface area contributed by atoms with E-state index in [0.717, 1.165) is 17.0 Å². The van der Waals surface area contributed by atoms with Crippen molar-refractivity contribution >= 4 is 11.5 Å². The third-order valence-corrected chi connectivity index (χ3v) is 2.06. The Labute approximate surface area is 75.4 Å². The maximum Gasteiger partial charge on any atom is 0.158 e.